The summed E-state index contributed by atoms with van der Waals surface area (Å²) in [6, 6.07) is 9.27. The molecule has 1 amide bonds. The van der Waals surface area contributed by atoms with E-state index in [0.717, 1.165) is 5.75 Å². The van der Waals surface area contributed by atoms with E-state index in [1.54, 1.807) is 46.6 Å². The number of nitrogens with zero attached hydrogens (tertiary/aromatic N) is 1. The number of carbonyl (C=O) groups is 1. The minimum Gasteiger partial charge on any atom is -0.490 e. The molecule has 0 fully saturated rings. The zero-order valence-corrected chi connectivity index (χ0v) is 13.2. The standard InChI is InChI=1S/C17H19NO2S/c1-4-10-20-15-7-5-14(6-8-15)17(19)18(3)12-16-13(2)9-11-21-16/h4-9,11H,1,10,12H2,2-3H3. The summed E-state index contributed by atoms with van der Waals surface area (Å²) in [6.45, 7) is 6.77. The van der Waals surface area contributed by atoms with Crippen molar-refractivity contribution in [2.75, 3.05) is 13.7 Å². The molecule has 0 atom stereocenters. The van der Waals surface area contributed by atoms with Crippen LogP contribution in [-0.2, 0) is 6.54 Å². The number of carbonyl (C=O) groups excluding carboxylic acids is 1. The predicted octanol–water partition coefficient (Wildman–Crippen LogP) is 3.89. The lowest BCUT2D eigenvalue weighted by molar-refractivity contribution is 0.0786. The molecule has 2 rings (SSSR count). The highest BCUT2D eigenvalue weighted by Gasteiger charge is 2.13. The van der Waals surface area contributed by atoms with Gasteiger partial charge in [-0.3, -0.25) is 4.79 Å². The normalized spacial score (nSPS) is 10.2. The Morgan fingerprint density at radius 1 is 1.33 bits per heavy atom. The highest BCUT2D eigenvalue weighted by molar-refractivity contribution is 7.10. The molecule has 0 aliphatic rings. The molecule has 4 heteroatoms. The van der Waals surface area contributed by atoms with Crippen LogP contribution in [0.15, 0.2) is 48.4 Å². The molecule has 2 aromatic rings. The highest BCUT2D eigenvalue weighted by atomic mass is 32.1. The smallest absolute Gasteiger partial charge is 0.253 e. The number of ether oxygens (including phenoxy) is 1. The largest absolute Gasteiger partial charge is 0.490 e. The van der Waals surface area contributed by atoms with Gasteiger partial charge < -0.3 is 9.64 Å². The predicted molar refractivity (Wildman–Crippen MR) is 87.0 cm³/mol. The summed E-state index contributed by atoms with van der Waals surface area (Å²) < 4.78 is 5.41. The number of aryl methyl sites for hydroxylation is 1. The number of thiophene rings is 1. The van der Waals surface area contributed by atoms with Gasteiger partial charge in [-0.05, 0) is 48.2 Å². The van der Waals surface area contributed by atoms with Crippen LogP contribution < -0.4 is 4.74 Å². The maximum absolute atomic E-state index is 12.4. The third-order valence-electron chi connectivity index (χ3n) is 3.16. The van der Waals surface area contributed by atoms with Crippen molar-refractivity contribution >= 4 is 17.2 Å². The van der Waals surface area contributed by atoms with Crippen LogP contribution in [0.3, 0.4) is 0 Å². The molecule has 0 aliphatic heterocycles. The van der Waals surface area contributed by atoms with Crippen LogP contribution in [0.2, 0.25) is 0 Å². The van der Waals surface area contributed by atoms with E-state index in [0.29, 0.717) is 18.7 Å². The second kappa shape index (κ2) is 7.09. The first kappa shape index (κ1) is 15.3. The van der Waals surface area contributed by atoms with Crippen molar-refractivity contribution < 1.29 is 9.53 Å². The minimum absolute atomic E-state index is 0.0121. The second-order valence-corrected chi connectivity index (χ2v) is 5.81. The lowest BCUT2D eigenvalue weighted by Gasteiger charge is -2.17. The Labute approximate surface area is 129 Å². The van der Waals surface area contributed by atoms with Gasteiger partial charge in [-0.1, -0.05) is 12.7 Å². The van der Waals surface area contributed by atoms with Gasteiger partial charge in [0.25, 0.3) is 5.91 Å². The number of hydrogen-bond acceptors (Lipinski definition) is 3. The number of hydrogen-bond donors (Lipinski definition) is 0. The number of rotatable bonds is 6. The highest BCUT2D eigenvalue weighted by Crippen LogP contribution is 2.19. The van der Waals surface area contributed by atoms with Crippen LogP contribution in [0.5, 0.6) is 5.75 Å². The summed E-state index contributed by atoms with van der Waals surface area (Å²) in [7, 11) is 1.82. The maximum atomic E-state index is 12.4. The fourth-order valence-corrected chi connectivity index (χ4v) is 2.88. The average Bonchev–Trinajstić information content (AvgIpc) is 2.90. The molecule has 0 saturated heterocycles. The van der Waals surface area contributed by atoms with Crippen molar-refractivity contribution in [2.24, 2.45) is 0 Å². The monoisotopic (exact) mass is 301 g/mol. The molecule has 0 N–H and O–H groups in total. The Balaban J connectivity index is 2.01. The van der Waals surface area contributed by atoms with Crippen molar-refractivity contribution in [1.82, 2.24) is 4.90 Å². The number of benzene rings is 1. The van der Waals surface area contributed by atoms with Gasteiger partial charge in [0.2, 0.25) is 0 Å². The van der Waals surface area contributed by atoms with Gasteiger partial charge in [0.05, 0.1) is 6.54 Å². The Morgan fingerprint density at radius 3 is 2.62 bits per heavy atom. The van der Waals surface area contributed by atoms with E-state index < -0.39 is 0 Å². The molecule has 1 aromatic heterocycles. The third-order valence-corrected chi connectivity index (χ3v) is 4.17. The molecular formula is C17H19NO2S. The van der Waals surface area contributed by atoms with Gasteiger partial charge in [-0.25, -0.2) is 0 Å². The first-order valence-electron chi connectivity index (χ1n) is 6.74. The van der Waals surface area contributed by atoms with E-state index in [2.05, 4.69) is 24.9 Å². The van der Waals surface area contributed by atoms with Crippen LogP contribution in [0.25, 0.3) is 0 Å². The first-order chi connectivity index (χ1) is 10.1. The SMILES string of the molecule is C=CCOc1ccc(C(=O)N(C)Cc2sccc2C)cc1. The summed E-state index contributed by atoms with van der Waals surface area (Å²) in [5, 5.41) is 2.05. The summed E-state index contributed by atoms with van der Waals surface area (Å²) in [5.41, 5.74) is 1.89. The van der Waals surface area contributed by atoms with Crippen molar-refractivity contribution in [3.05, 3.63) is 64.4 Å². The molecule has 0 spiro atoms. The molecule has 0 unspecified atom stereocenters. The van der Waals surface area contributed by atoms with Gasteiger partial charge in [0, 0.05) is 17.5 Å². The summed E-state index contributed by atoms with van der Waals surface area (Å²) in [4.78, 5) is 15.3. The summed E-state index contributed by atoms with van der Waals surface area (Å²) in [6.07, 6.45) is 1.69. The van der Waals surface area contributed by atoms with Crippen LogP contribution >= 0.6 is 11.3 Å². The van der Waals surface area contributed by atoms with Crippen LogP contribution in [0, 0.1) is 6.92 Å². The van der Waals surface area contributed by atoms with Crippen molar-refractivity contribution in [3.8, 4) is 5.75 Å². The second-order valence-electron chi connectivity index (χ2n) is 4.81. The Morgan fingerprint density at radius 2 is 2.05 bits per heavy atom. The van der Waals surface area contributed by atoms with Gasteiger partial charge in [-0.15, -0.1) is 11.3 Å². The van der Waals surface area contributed by atoms with Crippen LogP contribution in [0.1, 0.15) is 20.8 Å². The van der Waals surface area contributed by atoms with Crippen molar-refractivity contribution in [1.29, 1.82) is 0 Å². The van der Waals surface area contributed by atoms with E-state index in [1.165, 1.54) is 10.4 Å². The fourth-order valence-electron chi connectivity index (χ4n) is 1.92. The molecule has 0 radical (unpaired) electrons. The molecule has 110 valence electrons. The molecule has 21 heavy (non-hydrogen) atoms. The topological polar surface area (TPSA) is 29.5 Å². The van der Waals surface area contributed by atoms with E-state index in [-0.39, 0.29) is 5.91 Å². The average molecular weight is 301 g/mol. The zero-order valence-electron chi connectivity index (χ0n) is 12.3. The molecule has 0 bridgehead atoms. The molecule has 0 saturated carbocycles. The number of amides is 1. The van der Waals surface area contributed by atoms with E-state index in [9.17, 15) is 4.79 Å². The Bertz CT molecular complexity index is 616. The molecule has 3 nitrogen and oxygen atoms in total. The van der Waals surface area contributed by atoms with Gasteiger partial charge in [0.15, 0.2) is 0 Å². The Hall–Kier alpha value is -2.07. The lowest BCUT2D eigenvalue weighted by atomic mass is 10.2. The summed E-state index contributed by atoms with van der Waals surface area (Å²) >= 11 is 1.68. The molecular weight excluding hydrogens is 282 g/mol. The first-order valence-corrected chi connectivity index (χ1v) is 7.62. The quantitative estimate of drug-likeness (QED) is 0.757. The van der Waals surface area contributed by atoms with Gasteiger partial charge in [0.1, 0.15) is 12.4 Å². The van der Waals surface area contributed by atoms with E-state index >= 15 is 0 Å². The van der Waals surface area contributed by atoms with E-state index in [4.69, 9.17) is 4.74 Å². The maximum Gasteiger partial charge on any atom is 0.253 e. The lowest BCUT2D eigenvalue weighted by Crippen LogP contribution is -2.26. The van der Waals surface area contributed by atoms with Crippen molar-refractivity contribution in [3.63, 3.8) is 0 Å². The van der Waals surface area contributed by atoms with E-state index in [1.807, 2.05) is 7.05 Å². The molecule has 0 aliphatic carbocycles. The fraction of sp³-hybridized carbons (Fsp3) is 0.235. The van der Waals surface area contributed by atoms with Gasteiger partial charge >= 0.3 is 0 Å². The van der Waals surface area contributed by atoms with Gasteiger partial charge in [-0.2, -0.15) is 0 Å². The third kappa shape index (κ3) is 3.95. The minimum atomic E-state index is 0.0121. The molecule has 1 heterocycles. The Kier molecular flexibility index (Phi) is 5.17. The molecule has 1 aromatic carbocycles. The van der Waals surface area contributed by atoms with Crippen LogP contribution in [-0.4, -0.2) is 24.5 Å². The van der Waals surface area contributed by atoms with Crippen LogP contribution in [0.4, 0.5) is 0 Å². The zero-order chi connectivity index (χ0) is 15.2. The van der Waals surface area contributed by atoms with Crippen molar-refractivity contribution in [2.45, 2.75) is 13.5 Å². The summed E-state index contributed by atoms with van der Waals surface area (Å²) in [5.74, 6) is 0.751.